The SMILES string of the molecule is CC(C)(C)OC(=O)N[C@@H](CCNC[C@H](NC(=O)OC(C)(C)C)C(=O)O)C(=O)O. The van der Waals surface area contributed by atoms with Gasteiger partial charge >= 0.3 is 24.1 Å². The highest BCUT2D eigenvalue weighted by atomic mass is 16.6. The number of carboxylic acid groups (broad SMARTS) is 2. The lowest BCUT2D eigenvalue weighted by atomic mass is 10.2. The zero-order valence-electron chi connectivity index (χ0n) is 17.1. The summed E-state index contributed by atoms with van der Waals surface area (Å²) < 4.78 is 10.0. The molecule has 0 rings (SSSR count). The van der Waals surface area contributed by atoms with Crippen molar-refractivity contribution in [1.82, 2.24) is 16.0 Å². The molecule has 0 heterocycles. The van der Waals surface area contributed by atoms with Gasteiger partial charge in [-0.05, 0) is 54.5 Å². The van der Waals surface area contributed by atoms with Crippen LogP contribution in [-0.4, -0.2) is 70.7 Å². The van der Waals surface area contributed by atoms with Crippen LogP contribution in [0.3, 0.4) is 0 Å². The Morgan fingerprint density at radius 2 is 1.18 bits per heavy atom. The highest BCUT2D eigenvalue weighted by Crippen LogP contribution is 2.08. The molecular formula is C17H31N3O8. The minimum absolute atomic E-state index is 0.0205. The first-order chi connectivity index (χ1) is 12.6. The number of hydrogen-bond acceptors (Lipinski definition) is 7. The number of hydrogen-bond donors (Lipinski definition) is 5. The van der Waals surface area contributed by atoms with E-state index in [0.717, 1.165) is 0 Å². The molecule has 0 bridgehead atoms. The molecule has 5 N–H and O–H groups in total. The molecule has 0 fully saturated rings. The Kier molecular flexibility index (Phi) is 9.71. The molecule has 2 amide bonds. The summed E-state index contributed by atoms with van der Waals surface area (Å²) in [6, 6.07) is -2.48. The minimum Gasteiger partial charge on any atom is -0.480 e. The quantitative estimate of drug-likeness (QED) is 0.351. The molecule has 0 aliphatic carbocycles. The van der Waals surface area contributed by atoms with Crippen LogP contribution in [0.15, 0.2) is 0 Å². The van der Waals surface area contributed by atoms with Crippen molar-refractivity contribution >= 4 is 24.1 Å². The summed E-state index contributed by atoms with van der Waals surface area (Å²) in [6.07, 6.45) is -1.76. The number of carbonyl (C=O) groups is 4. The van der Waals surface area contributed by atoms with E-state index in [1.807, 2.05) is 0 Å². The van der Waals surface area contributed by atoms with Crippen LogP contribution in [0.2, 0.25) is 0 Å². The second-order valence-electron chi connectivity index (χ2n) is 8.07. The average molecular weight is 405 g/mol. The number of carboxylic acids is 2. The van der Waals surface area contributed by atoms with Crippen LogP contribution in [0.5, 0.6) is 0 Å². The number of ether oxygens (including phenoxy) is 2. The molecule has 0 unspecified atom stereocenters. The van der Waals surface area contributed by atoms with E-state index in [1.54, 1.807) is 41.5 Å². The number of alkyl carbamates (subject to hydrolysis) is 2. The highest BCUT2D eigenvalue weighted by Gasteiger charge is 2.25. The standard InChI is InChI=1S/C17H31N3O8/c1-16(2,3)27-14(25)19-10(12(21)22)7-8-18-9-11(13(23)24)20-15(26)28-17(4,5)6/h10-11,18H,7-9H2,1-6H3,(H,19,25)(H,20,26)(H,21,22)(H,23,24)/t10-,11-/m0/s1. The van der Waals surface area contributed by atoms with Gasteiger partial charge in [0.1, 0.15) is 23.3 Å². The molecule has 28 heavy (non-hydrogen) atoms. The van der Waals surface area contributed by atoms with Crippen molar-refractivity contribution in [2.75, 3.05) is 13.1 Å². The Bertz CT molecular complexity index is 516. The predicted molar refractivity (Wildman–Crippen MR) is 99.1 cm³/mol. The summed E-state index contributed by atoms with van der Waals surface area (Å²) in [5, 5.41) is 25.5. The maximum Gasteiger partial charge on any atom is 0.408 e. The fraction of sp³-hybridized carbons (Fsp3) is 0.765. The maximum atomic E-state index is 11.7. The molecule has 0 radical (unpaired) electrons. The van der Waals surface area contributed by atoms with Crippen molar-refractivity contribution in [3.8, 4) is 0 Å². The number of carbonyl (C=O) groups excluding carboxylic acids is 2. The Hall–Kier alpha value is -2.56. The Balaban J connectivity index is 4.51. The molecule has 0 aromatic rings. The Morgan fingerprint density at radius 1 is 0.786 bits per heavy atom. The van der Waals surface area contributed by atoms with E-state index in [2.05, 4.69) is 16.0 Å². The van der Waals surface area contributed by atoms with E-state index >= 15 is 0 Å². The van der Waals surface area contributed by atoms with Crippen LogP contribution in [-0.2, 0) is 19.1 Å². The monoisotopic (exact) mass is 405 g/mol. The summed E-state index contributed by atoms with van der Waals surface area (Å²) in [6.45, 7) is 9.79. The normalized spacial score (nSPS) is 13.8. The van der Waals surface area contributed by atoms with Crippen LogP contribution in [0.4, 0.5) is 9.59 Å². The lowest BCUT2D eigenvalue weighted by Crippen LogP contribution is -2.49. The third kappa shape index (κ3) is 12.7. The van der Waals surface area contributed by atoms with Crippen molar-refractivity contribution in [2.45, 2.75) is 71.2 Å². The van der Waals surface area contributed by atoms with Gasteiger partial charge in [-0.1, -0.05) is 0 Å². The zero-order chi connectivity index (χ0) is 22.1. The van der Waals surface area contributed by atoms with Crippen LogP contribution in [0, 0.1) is 0 Å². The molecule has 0 aliphatic rings. The molecule has 0 saturated heterocycles. The van der Waals surface area contributed by atoms with Gasteiger partial charge in [-0.25, -0.2) is 19.2 Å². The predicted octanol–water partition coefficient (Wildman–Crippen LogP) is 0.922. The molecule has 11 nitrogen and oxygen atoms in total. The minimum atomic E-state index is -1.28. The van der Waals surface area contributed by atoms with Crippen LogP contribution in [0.1, 0.15) is 48.0 Å². The third-order valence-corrected chi connectivity index (χ3v) is 2.94. The highest BCUT2D eigenvalue weighted by molar-refractivity contribution is 5.80. The number of aliphatic carboxylic acids is 2. The molecule has 162 valence electrons. The molecule has 11 heteroatoms. The van der Waals surface area contributed by atoms with Gasteiger partial charge in [-0.3, -0.25) is 0 Å². The van der Waals surface area contributed by atoms with Crippen molar-refractivity contribution in [3.05, 3.63) is 0 Å². The lowest BCUT2D eigenvalue weighted by Gasteiger charge is -2.23. The van der Waals surface area contributed by atoms with Gasteiger partial charge < -0.3 is 35.6 Å². The van der Waals surface area contributed by atoms with Gasteiger partial charge in [0.15, 0.2) is 0 Å². The first-order valence-electron chi connectivity index (χ1n) is 8.76. The van der Waals surface area contributed by atoms with Gasteiger partial charge in [0.25, 0.3) is 0 Å². The number of nitrogens with one attached hydrogen (secondary N) is 3. The largest absolute Gasteiger partial charge is 0.480 e. The lowest BCUT2D eigenvalue weighted by molar-refractivity contribution is -0.140. The van der Waals surface area contributed by atoms with Crippen molar-refractivity contribution in [2.24, 2.45) is 0 Å². The zero-order valence-corrected chi connectivity index (χ0v) is 17.1. The first kappa shape index (κ1) is 25.4. The topological polar surface area (TPSA) is 163 Å². The third-order valence-electron chi connectivity index (χ3n) is 2.94. The van der Waals surface area contributed by atoms with Crippen LogP contribution in [0.25, 0.3) is 0 Å². The van der Waals surface area contributed by atoms with E-state index in [1.165, 1.54) is 0 Å². The maximum absolute atomic E-state index is 11.7. The van der Waals surface area contributed by atoms with Gasteiger partial charge in [-0.15, -0.1) is 0 Å². The average Bonchev–Trinajstić information content (AvgIpc) is 2.44. The Labute approximate surface area is 164 Å². The van der Waals surface area contributed by atoms with Gasteiger partial charge in [-0.2, -0.15) is 0 Å². The van der Waals surface area contributed by atoms with Crippen molar-refractivity contribution in [1.29, 1.82) is 0 Å². The van der Waals surface area contributed by atoms with E-state index in [0.29, 0.717) is 0 Å². The van der Waals surface area contributed by atoms with E-state index in [4.69, 9.17) is 14.6 Å². The van der Waals surface area contributed by atoms with Crippen molar-refractivity contribution < 1.29 is 38.9 Å². The Morgan fingerprint density at radius 3 is 1.54 bits per heavy atom. The summed E-state index contributed by atoms with van der Waals surface area (Å²) >= 11 is 0. The molecule has 0 aromatic carbocycles. The molecule has 0 aromatic heterocycles. The van der Waals surface area contributed by atoms with Crippen LogP contribution >= 0.6 is 0 Å². The summed E-state index contributed by atoms with van der Waals surface area (Å²) in [5.74, 6) is -2.53. The van der Waals surface area contributed by atoms with Gasteiger partial charge in [0.05, 0.1) is 0 Å². The molecular weight excluding hydrogens is 374 g/mol. The second kappa shape index (κ2) is 10.7. The van der Waals surface area contributed by atoms with E-state index in [9.17, 15) is 24.3 Å². The molecule has 0 saturated carbocycles. The van der Waals surface area contributed by atoms with E-state index < -0.39 is 47.4 Å². The smallest absolute Gasteiger partial charge is 0.408 e. The first-order valence-corrected chi connectivity index (χ1v) is 8.76. The van der Waals surface area contributed by atoms with Gasteiger partial charge in [0, 0.05) is 6.54 Å². The molecule has 2 atom stereocenters. The fourth-order valence-electron chi connectivity index (χ4n) is 1.85. The van der Waals surface area contributed by atoms with Crippen molar-refractivity contribution in [3.63, 3.8) is 0 Å². The summed E-state index contributed by atoms with van der Waals surface area (Å²) in [4.78, 5) is 45.8. The fourth-order valence-corrected chi connectivity index (χ4v) is 1.85. The molecule has 0 aliphatic heterocycles. The second-order valence-corrected chi connectivity index (χ2v) is 8.07. The van der Waals surface area contributed by atoms with E-state index in [-0.39, 0.29) is 19.5 Å². The number of rotatable bonds is 9. The summed E-state index contributed by atoms with van der Waals surface area (Å²) in [5.41, 5.74) is -1.55. The summed E-state index contributed by atoms with van der Waals surface area (Å²) in [7, 11) is 0. The molecule has 0 spiro atoms. The van der Waals surface area contributed by atoms with Gasteiger partial charge in [0.2, 0.25) is 0 Å². The van der Waals surface area contributed by atoms with Crippen LogP contribution < -0.4 is 16.0 Å². The number of amides is 2.